The summed E-state index contributed by atoms with van der Waals surface area (Å²) in [6, 6.07) is 57.4. The molecule has 0 radical (unpaired) electrons. The van der Waals surface area contributed by atoms with Crippen molar-refractivity contribution in [3.05, 3.63) is 169 Å². The minimum atomic E-state index is 0.109. The molecule has 10 rings (SSSR count). The van der Waals surface area contributed by atoms with Crippen molar-refractivity contribution >= 4 is 60.8 Å². The Bertz CT molecular complexity index is 2850. The predicted octanol–water partition coefficient (Wildman–Crippen LogP) is 14.2. The highest BCUT2D eigenvalue weighted by Crippen LogP contribution is 2.48. The van der Waals surface area contributed by atoms with E-state index in [9.17, 15) is 0 Å². The Balaban J connectivity index is 1.23. The summed E-state index contributed by atoms with van der Waals surface area (Å²) in [6.07, 6.45) is 2.38. The number of benzene rings is 7. The van der Waals surface area contributed by atoms with E-state index >= 15 is 0 Å². The molecule has 0 atom stereocenters. The van der Waals surface area contributed by atoms with E-state index in [0.29, 0.717) is 0 Å². The van der Waals surface area contributed by atoms with Crippen molar-refractivity contribution in [2.75, 3.05) is 4.90 Å². The lowest BCUT2D eigenvalue weighted by molar-refractivity contribution is 0.332. The maximum Gasteiger partial charge on any atom is 0.137 e. The van der Waals surface area contributed by atoms with Crippen molar-refractivity contribution in [2.24, 2.45) is 0 Å². The molecular formula is C50H42N2O. The van der Waals surface area contributed by atoms with Crippen LogP contribution >= 0.6 is 0 Å². The minimum Gasteiger partial charge on any atom is -0.456 e. The van der Waals surface area contributed by atoms with Crippen LogP contribution in [0.15, 0.2) is 162 Å². The molecule has 0 bridgehead atoms. The molecule has 9 aromatic rings. The Morgan fingerprint density at radius 2 is 1.11 bits per heavy atom. The molecule has 3 heteroatoms. The average Bonchev–Trinajstić information content (AvgIpc) is 3.72. The molecule has 53 heavy (non-hydrogen) atoms. The van der Waals surface area contributed by atoms with Crippen LogP contribution in [0.5, 0.6) is 0 Å². The maximum absolute atomic E-state index is 6.46. The van der Waals surface area contributed by atoms with Crippen LogP contribution in [-0.4, -0.2) is 4.57 Å². The van der Waals surface area contributed by atoms with Gasteiger partial charge in [0, 0.05) is 50.2 Å². The zero-order chi connectivity index (χ0) is 35.9. The first-order chi connectivity index (χ1) is 25.8. The van der Waals surface area contributed by atoms with Gasteiger partial charge < -0.3 is 13.9 Å². The van der Waals surface area contributed by atoms with Crippen LogP contribution in [0.3, 0.4) is 0 Å². The van der Waals surface area contributed by atoms with Crippen molar-refractivity contribution in [3.8, 4) is 16.8 Å². The van der Waals surface area contributed by atoms with Gasteiger partial charge in [-0.1, -0.05) is 125 Å². The van der Waals surface area contributed by atoms with E-state index in [0.717, 1.165) is 44.6 Å². The zero-order valence-corrected chi connectivity index (χ0v) is 30.7. The highest BCUT2D eigenvalue weighted by Gasteiger charge is 2.37. The predicted molar refractivity (Wildman–Crippen MR) is 223 cm³/mol. The first-order valence-corrected chi connectivity index (χ1v) is 18.8. The van der Waals surface area contributed by atoms with Gasteiger partial charge in [0.1, 0.15) is 11.2 Å². The topological polar surface area (TPSA) is 21.3 Å². The van der Waals surface area contributed by atoms with Gasteiger partial charge in [-0.3, -0.25) is 0 Å². The lowest BCUT2D eigenvalue weighted by atomic mass is 9.63. The summed E-state index contributed by atoms with van der Waals surface area (Å²) in [6.45, 7) is 9.63. The number of hydrogen-bond donors (Lipinski definition) is 0. The van der Waals surface area contributed by atoms with Crippen LogP contribution in [0.2, 0.25) is 0 Å². The van der Waals surface area contributed by atoms with Crippen molar-refractivity contribution in [2.45, 2.75) is 51.4 Å². The first-order valence-electron chi connectivity index (χ1n) is 18.8. The number of anilines is 3. The second-order valence-corrected chi connectivity index (χ2v) is 16.0. The quantitative estimate of drug-likeness (QED) is 0.180. The molecule has 0 unspecified atom stereocenters. The summed E-state index contributed by atoms with van der Waals surface area (Å²) in [4.78, 5) is 2.40. The number of aromatic nitrogens is 1. The molecule has 7 aromatic carbocycles. The van der Waals surface area contributed by atoms with Crippen LogP contribution in [0.4, 0.5) is 17.1 Å². The largest absolute Gasteiger partial charge is 0.456 e. The first kappa shape index (κ1) is 31.7. The minimum absolute atomic E-state index is 0.109. The van der Waals surface area contributed by atoms with Crippen molar-refractivity contribution in [1.82, 2.24) is 4.57 Å². The number of para-hydroxylation sites is 3. The van der Waals surface area contributed by atoms with Crippen molar-refractivity contribution in [1.29, 1.82) is 0 Å². The summed E-state index contributed by atoms with van der Waals surface area (Å²) in [5.41, 5.74) is 14.2. The van der Waals surface area contributed by atoms with Gasteiger partial charge >= 0.3 is 0 Å². The Labute approximate surface area is 310 Å². The summed E-state index contributed by atoms with van der Waals surface area (Å²) in [5.74, 6) is 0. The standard InChI is InChI=1S/C50H42N2O/c1-49(2)28-29-50(3,4)43-30-34(24-27-42(43)49)52-45-20-12-9-17-38(45)39-25-22-35(31-46(39)52)51(44-19-11-8-16-37(44)33-14-6-5-7-15-33)36-23-26-41-40-18-10-13-21-47(40)53-48(41)32-36/h5-27,30-32H,28-29H2,1-4H3. The second-order valence-electron chi connectivity index (χ2n) is 16.0. The van der Waals surface area contributed by atoms with Crippen LogP contribution in [0.1, 0.15) is 51.7 Å². The fourth-order valence-electron chi connectivity index (χ4n) is 8.90. The van der Waals surface area contributed by atoms with E-state index in [1.54, 1.807) is 0 Å². The summed E-state index contributed by atoms with van der Waals surface area (Å²) in [7, 11) is 0. The Morgan fingerprint density at radius 3 is 1.94 bits per heavy atom. The van der Waals surface area contributed by atoms with Gasteiger partial charge in [-0.15, -0.1) is 0 Å². The highest BCUT2D eigenvalue weighted by atomic mass is 16.3. The molecule has 0 amide bonds. The van der Waals surface area contributed by atoms with Gasteiger partial charge in [0.2, 0.25) is 0 Å². The van der Waals surface area contributed by atoms with E-state index in [1.165, 1.54) is 57.0 Å². The summed E-state index contributed by atoms with van der Waals surface area (Å²) in [5, 5.41) is 4.75. The smallest absolute Gasteiger partial charge is 0.137 e. The third-order valence-corrected chi connectivity index (χ3v) is 11.9. The number of hydrogen-bond acceptors (Lipinski definition) is 2. The third kappa shape index (κ3) is 5.02. The van der Waals surface area contributed by atoms with Gasteiger partial charge in [-0.25, -0.2) is 0 Å². The van der Waals surface area contributed by atoms with E-state index in [2.05, 4.69) is 183 Å². The van der Waals surface area contributed by atoms with Crippen molar-refractivity contribution in [3.63, 3.8) is 0 Å². The van der Waals surface area contributed by atoms with Gasteiger partial charge in [-0.2, -0.15) is 0 Å². The monoisotopic (exact) mass is 686 g/mol. The molecule has 0 fully saturated rings. The number of furan rings is 1. The van der Waals surface area contributed by atoms with Crippen LogP contribution in [0.25, 0.3) is 60.6 Å². The summed E-state index contributed by atoms with van der Waals surface area (Å²) >= 11 is 0. The van der Waals surface area contributed by atoms with Crippen molar-refractivity contribution < 1.29 is 4.42 Å². The third-order valence-electron chi connectivity index (χ3n) is 11.9. The highest BCUT2D eigenvalue weighted by molar-refractivity contribution is 6.11. The second kappa shape index (κ2) is 11.7. The SMILES string of the molecule is CC1(C)CCC(C)(C)c2cc(-n3c4ccccc4c4ccc(N(c5ccc6c(c5)oc5ccccc56)c5ccccc5-c5ccccc5)cc43)ccc21. The average molecular weight is 687 g/mol. The molecule has 2 heterocycles. The molecule has 0 N–H and O–H groups in total. The Morgan fingerprint density at radius 1 is 0.491 bits per heavy atom. The molecular weight excluding hydrogens is 645 g/mol. The molecule has 0 spiro atoms. The molecule has 0 saturated carbocycles. The molecule has 258 valence electrons. The normalized spacial score (nSPS) is 14.9. The van der Waals surface area contributed by atoms with E-state index in [4.69, 9.17) is 4.42 Å². The lowest BCUT2D eigenvalue weighted by Gasteiger charge is -2.42. The van der Waals surface area contributed by atoms with E-state index < -0.39 is 0 Å². The Kier molecular flexibility index (Phi) is 7.01. The van der Waals surface area contributed by atoms with Crippen LogP contribution in [0, 0.1) is 0 Å². The lowest BCUT2D eigenvalue weighted by Crippen LogP contribution is -2.33. The van der Waals surface area contributed by atoms with Gasteiger partial charge in [-0.05, 0) is 95.0 Å². The number of rotatable bonds is 5. The Hall–Kier alpha value is -6.06. The molecule has 3 nitrogen and oxygen atoms in total. The molecule has 1 aliphatic carbocycles. The summed E-state index contributed by atoms with van der Waals surface area (Å²) < 4.78 is 8.94. The van der Waals surface area contributed by atoms with Gasteiger partial charge in [0.15, 0.2) is 0 Å². The number of fused-ring (bicyclic) bond motifs is 7. The molecule has 2 aromatic heterocycles. The molecule has 1 aliphatic rings. The number of nitrogens with zero attached hydrogens (tertiary/aromatic N) is 2. The molecule has 0 aliphatic heterocycles. The molecule has 0 saturated heterocycles. The fourth-order valence-corrected chi connectivity index (χ4v) is 8.90. The van der Waals surface area contributed by atoms with Crippen LogP contribution < -0.4 is 4.90 Å². The fraction of sp³-hybridized carbons (Fsp3) is 0.160. The van der Waals surface area contributed by atoms with Crippen LogP contribution in [-0.2, 0) is 10.8 Å². The van der Waals surface area contributed by atoms with E-state index in [-0.39, 0.29) is 10.8 Å². The zero-order valence-electron chi connectivity index (χ0n) is 30.7. The van der Waals surface area contributed by atoms with Gasteiger partial charge in [0.25, 0.3) is 0 Å². The van der Waals surface area contributed by atoms with Gasteiger partial charge in [0.05, 0.1) is 16.7 Å². The maximum atomic E-state index is 6.46. The van der Waals surface area contributed by atoms with E-state index in [1.807, 2.05) is 12.1 Å².